The van der Waals surface area contributed by atoms with Gasteiger partial charge in [-0.2, -0.15) is 5.10 Å². The Morgan fingerprint density at radius 3 is 2.52 bits per heavy atom. The molecular weight excluding hydrogens is 338 g/mol. The number of rotatable bonds is 5. The van der Waals surface area contributed by atoms with Crippen molar-refractivity contribution >= 4 is 17.5 Å². The van der Waals surface area contributed by atoms with Crippen LogP contribution in [0.5, 0.6) is 0 Å². The molecule has 1 aliphatic rings. The molecule has 1 N–H and O–H groups in total. The summed E-state index contributed by atoms with van der Waals surface area (Å²) in [5.74, 6) is -0.248. The van der Waals surface area contributed by atoms with Crippen LogP contribution in [-0.2, 0) is 12.1 Å². The van der Waals surface area contributed by atoms with E-state index in [1.165, 1.54) is 16.8 Å². The van der Waals surface area contributed by atoms with E-state index in [-0.39, 0.29) is 17.2 Å². The molecule has 1 saturated carbocycles. The van der Waals surface area contributed by atoms with Gasteiger partial charge in [-0.15, -0.1) is 0 Å². The molecule has 0 spiro atoms. The molecule has 2 aromatic rings. The molecule has 1 fully saturated rings. The molecule has 0 unspecified atom stereocenters. The maximum absolute atomic E-state index is 12.8. The van der Waals surface area contributed by atoms with Crippen LogP contribution < -0.4 is 10.9 Å². The molecule has 6 heteroatoms. The van der Waals surface area contributed by atoms with Crippen molar-refractivity contribution < 1.29 is 4.79 Å². The lowest BCUT2D eigenvalue weighted by Crippen LogP contribution is -2.44. The van der Waals surface area contributed by atoms with E-state index in [1.54, 1.807) is 0 Å². The monoisotopic (exact) mass is 359 g/mol. The van der Waals surface area contributed by atoms with Crippen LogP contribution in [0.2, 0.25) is 5.02 Å². The molecule has 0 aliphatic heterocycles. The van der Waals surface area contributed by atoms with Gasteiger partial charge in [0.1, 0.15) is 5.69 Å². The summed E-state index contributed by atoms with van der Waals surface area (Å²) < 4.78 is 1.35. The van der Waals surface area contributed by atoms with Crippen molar-refractivity contribution in [2.75, 3.05) is 0 Å². The standard InChI is InChI=1S/C19H22ClN3O2/c1-2-13-23-17(24)10-9-16(22-23)18(25)21-19(11-3-4-12-19)14-5-7-15(20)8-6-14/h5-10H,2-4,11-13H2,1H3,(H,21,25). The Balaban J connectivity index is 1.88. The number of benzene rings is 1. The second-order valence-electron chi connectivity index (χ2n) is 6.53. The van der Waals surface area contributed by atoms with Gasteiger partial charge in [0.25, 0.3) is 11.5 Å². The molecule has 0 saturated heterocycles. The Labute approximate surface area is 152 Å². The number of hydrogen-bond donors (Lipinski definition) is 1. The first-order valence-corrected chi connectivity index (χ1v) is 9.08. The Morgan fingerprint density at radius 2 is 1.88 bits per heavy atom. The quantitative estimate of drug-likeness (QED) is 0.888. The Bertz CT molecular complexity index is 808. The smallest absolute Gasteiger partial charge is 0.272 e. The summed E-state index contributed by atoms with van der Waals surface area (Å²) >= 11 is 6.00. The number of halogens is 1. The number of aryl methyl sites for hydroxylation is 1. The number of nitrogens with one attached hydrogen (secondary N) is 1. The fraction of sp³-hybridized carbons (Fsp3) is 0.421. The minimum Gasteiger partial charge on any atom is -0.341 e. The number of aromatic nitrogens is 2. The van der Waals surface area contributed by atoms with Gasteiger partial charge in [0.15, 0.2) is 0 Å². The van der Waals surface area contributed by atoms with Gasteiger partial charge in [-0.3, -0.25) is 9.59 Å². The van der Waals surface area contributed by atoms with Crippen LogP contribution in [0.25, 0.3) is 0 Å². The van der Waals surface area contributed by atoms with Gasteiger partial charge in [0.05, 0.1) is 5.54 Å². The van der Waals surface area contributed by atoms with Crippen LogP contribution in [0.4, 0.5) is 0 Å². The van der Waals surface area contributed by atoms with E-state index >= 15 is 0 Å². The lowest BCUT2D eigenvalue weighted by atomic mass is 9.88. The maximum Gasteiger partial charge on any atom is 0.272 e. The van der Waals surface area contributed by atoms with Gasteiger partial charge < -0.3 is 5.32 Å². The number of nitrogens with zero attached hydrogens (tertiary/aromatic N) is 2. The van der Waals surface area contributed by atoms with E-state index in [2.05, 4.69) is 10.4 Å². The summed E-state index contributed by atoms with van der Waals surface area (Å²) in [5, 5.41) is 8.06. The molecular formula is C19H22ClN3O2. The van der Waals surface area contributed by atoms with E-state index in [4.69, 9.17) is 11.6 Å². The first kappa shape index (κ1) is 17.7. The van der Waals surface area contributed by atoms with Crippen LogP contribution in [0.15, 0.2) is 41.2 Å². The number of amides is 1. The highest BCUT2D eigenvalue weighted by Crippen LogP contribution is 2.39. The third-order valence-electron chi connectivity index (χ3n) is 4.74. The second kappa shape index (κ2) is 7.40. The number of carbonyl (C=O) groups excluding carboxylic acids is 1. The molecule has 1 aromatic heterocycles. The second-order valence-corrected chi connectivity index (χ2v) is 6.97. The molecule has 0 radical (unpaired) electrons. The SMILES string of the molecule is CCCn1nc(C(=O)NC2(c3ccc(Cl)cc3)CCCC2)ccc1=O. The molecule has 1 heterocycles. The molecule has 3 rings (SSSR count). The van der Waals surface area contributed by atoms with E-state index in [9.17, 15) is 9.59 Å². The highest BCUT2D eigenvalue weighted by Gasteiger charge is 2.37. The Hall–Kier alpha value is -2.14. The predicted octanol–water partition coefficient (Wildman–Crippen LogP) is 3.51. The summed E-state index contributed by atoms with van der Waals surface area (Å²) in [6.45, 7) is 2.47. The summed E-state index contributed by atoms with van der Waals surface area (Å²) in [5.41, 5.74) is 0.749. The van der Waals surface area contributed by atoms with E-state index < -0.39 is 5.54 Å². The highest BCUT2D eigenvalue weighted by atomic mass is 35.5. The van der Waals surface area contributed by atoms with Crippen LogP contribution in [0.3, 0.4) is 0 Å². The van der Waals surface area contributed by atoms with E-state index in [1.807, 2.05) is 31.2 Å². The Morgan fingerprint density at radius 1 is 1.20 bits per heavy atom. The summed E-state index contributed by atoms with van der Waals surface area (Å²) in [4.78, 5) is 24.6. The highest BCUT2D eigenvalue weighted by molar-refractivity contribution is 6.30. The van der Waals surface area contributed by atoms with E-state index in [0.717, 1.165) is 37.7 Å². The topological polar surface area (TPSA) is 64.0 Å². The fourth-order valence-electron chi connectivity index (χ4n) is 3.46. The minimum atomic E-state index is -0.394. The summed E-state index contributed by atoms with van der Waals surface area (Å²) in [6, 6.07) is 10.5. The molecule has 0 atom stereocenters. The van der Waals surface area contributed by atoms with E-state index in [0.29, 0.717) is 11.6 Å². The lowest BCUT2D eigenvalue weighted by molar-refractivity contribution is 0.0890. The first-order chi connectivity index (χ1) is 12.0. The van der Waals surface area contributed by atoms with Crippen molar-refractivity contribution in [2.45, 2.75) is 51.1 Å². The van der Waals surface area contributed by atoms with Gasteiger partial charge in [-0.25, -0.2) is 4.68 Å². The fourth-order valence-corrected chi connectivity index (χ4v) is 3.58. The molecule has 1 aliphatic carbocycles. The largest absolute Gasteiger partial charge is 0.341 e. The number of hydrogen-bond acceptors (Lipinski definition) is 3. The van der Waals surface area contributed by atoms with Gasteiger partial charge in [-0.05, 0) is 43.0 Å². The van der Waals surface area contributed by atoms with Crippen molar-refractivity contribution in [1.82, 2.24) is 15.1 Å². The van der Waals surface area contributed by atoms with Gasteiger partial charge in [0.2, 0.25) is 0 Å². The molecule has 132 valence electrons. The Kier molecular flexibility index (Phi) is 5.23. The molecule has 0 bridgehead atoms. The average molecular weight is 360 g/mol. The summed E-state index contributed by atoms with van der Waals surface area (Å²) in [7, 11) is 0. The maximum atomic E-state index is 12.8. The third-order valence-corrected chi connectivity index (χ3v) is 4.99. The zero-order chi connectivity index (χ0) is 17.9. The zero-order valence-electron chi connectivity index (χ0n) is 14.3. The van der Waals surface area contributed by atoms with Gasteiger partial charge in [-0.1, -0.05) is 43.5 Å². The van der Waals surface area contributed by atoms with Crippen LogP contribution in [0, 0.1) is 0 Å². The van der Waals surface area contributed by atoms with Crippen molar-refractivity contribution in [3.8, 4) is 0 Å². The molecule has 1 amide bonds. The van der Waals surface area contributed by atoms with Gasteiger partial charge >= 0.3 is 0 Å². The predicted molar refractivity (Wildman–Crippen MR) is 97.9 cm³/mol. The third kappa shape index (κ3) is 3.76. The molecule has 1 aromatic carbocycles. The van der Waals surface area contributed by atoms with Crippen molar-refractivity contribution in [1.29, 1.82) is 0 Å². The van der Waals surface area contributed by atoms with Crippen molar-refractivity contribution in [3.63, 3.8) is 0 Å². The molecule has 5 nitrogen and oxygen atoms in total. The van der Waals surface area contributed by atoms with Gasteiger partial charge in [0, 0.05) is 17.6 Å². The van der Waals surface area contributed by atoms with Crippen molar-refractivity contribution in [3.05, 3.63) is 63.0 Å². The molecule has 25 heavy (non-hydrogen) atoms. The van der Waals surface area contributed by atoms with Crippen LogP contribution >= 0.6 is 11.6 Å². The number of carbonyl (C=O) groups is 1. The first-order valence-electron chi connectivity index (χ1n) is 8.71. The minimum absolute atomic E-state index is 0.188. The zero-order valence-corrected chi connectivity index (χ0v) is 15.1. The average Bonchev–Trinajstić information content (AvgIpc) is 3.07. The normalized spacial score (nSPS) is 15.9. The summed E-state index contributed by atoms with van der Waals surface area (Å²) in [6.07, 6.45) is 4.67. The van der Waals surface area contributed by atoms with Crippen LogP contribution in [-0.4, -0.2) is 15.7 Å². The lowest BCUT2D eigenvalue weighted by Gasteiger charge is -2.31. The van der Waals surface area contributed by atoms with Crippen LogP contribution in [0.1, 0.15) is 55.1 Å². The van der Waals surface area contributed by atoms with Crippen molar-refractivity contribution in [2.24, 2.45) is 0 Å².